The molecular formula is C18H24N4. The van der Waals surface area contributed by atoms with Gasteiger partial charge in [-0.3, -0.25) is 0 Å². The van der Waals surface area contributed by atoms with Crippen molar-refractivity contribution in [3.8, 4) is 0 Å². The molecule has 22 heavy (non-hydrogen) atoms. The zero-order chi connectivity index (χ0) is 14.8. The van der Waals surface area contributed by atoms with Crippen molar-refractivity contribution in [2.24, 2.45) is 0 Å². The van der Waals surface area contributed by atoms with Gasteiger partial charge < -0.3 is 15.1 Å². The first-order chi connectivity index (χ1) is 10.9. The lowest BCUT2D eigenvalue weighted by atomic mass is 10.1. The molecule has 2 fully saturated rings. The van der Waals surface area contributed by atoms with Crippen LogP contribution in [0.4, 0.5) is 11.5 Å². The van der Waals surface area contributed by atoms with E-state index in [1.54, 1.807) is 0 Å². The molecule has 1 aromatic heterocycles. The van der Waals surface area contributed by atoms with Crippen LogP contribution in [0.3, 0.4) is 0 Å². The predicted molar refractivity (Wildman–Crippen MR) is 92.9 cm³/mol. The Labute approximate surface area is 132 Å². The van der Waals surface area contributed by atoms with Gasteiger partial charge in [-0.05, 0) is 37.9 Å². The van der Waals surface area contributed by atoms with E-state index >= 15 is 0 Å². The molecule has 0 aliphatic carbocycles. The van der Waals surface area contributed by atoms with Gasteiger partial charge in [-0.2, -0.15) is 0 Å². The van der Waals surface area contributed by atoms with Gasteiger partial charge in [0.05, 0.1) is 0 Å². The molecule has 116 valence electrons. The largest absolute Gasteiger partial charge is 0.370 e. The SMILES string of the molecule is c1cc(N2CCCNCC2)c2ccnc(N3CCCC3)c2c1. The molecule has 0 radical (unpaired) electrons. The molecule has 2 aliphatic heterocycles. The molecule has 2 saturated heterocycles. The molecule has 1 N–H and O–H groups in total. The summed E-state index contributed by atoms with van der Waals surface area (Å²) in [6, 6.07) is 8.87. The third kappa shape index (κ3) is 2.52. The van der Waals surface area contributed by atoms with E-state index in [0.29, 0.717) is 0 Å². The molecular weight excluding hydrogens is 272 g/mol. The molecule has 0 amide bonds. The van der Waals surface area contributed by atoms with E-state index in [2.05, 4.69) is 44.4 Å². The Morgan fingerprint density at radius 2 is 1.68 bits per heavy atom. The number of rotatable bonds is 2. The summed E-state index contributed by atoms with van der Waals surface area (Å²) in [5.41, 5.74) is 1.36. The Balaban J connectivity index is 1.77. The maximum atomic E-state index is 4.69. The molecule has 2 aliphatic rings. The Bertz CT molecular complexity index is 641. The summed E-state index contributed by atoms with van der Waals surface area (Å²) in [4.78, 5) is 9.65. The highest BCUT2D eigenvalue weighted by atomic mass is 15.2. The predicted octanol–water partition coefficient (Wildman–Crippen LogP) is 2.63. The minimum absolute atomic E-state index is 1.07. The Hall–Kier alpha value is -1.81. The van der Waals surface area contributed by atoms with E-state index in [-0.39, 0.29) is 0 Å². The highest BCUT2D eigenvalue weighted by Crippen LogP contribution is 2.33. The van der Waals surface area contributed by atoms with Crippen LogP contribution in [0.25, 0.3) is 10.8 Å². The number of aromatic nitrogens is 1. The van der Waals surface area contributed by atoms with Crippen molar-refractivity contribution < 1.29 is 0 Å². The van der Waals surface area contributed by atoms with Crippen LogP contribution in [-0.4, -0.2) is 44.3 Å². The summed E-state index contributed by atoms with van der Waals surface area (Å²) in [5.74, 6) is 1.17. The monoisotopic (exact) mass is 296 g/mol. The van der Waals surface area contributed by atoms with Crippen LogP contribution >= 0.6 is 0 Å². The minimum Gasteiger partial charge on any atom is -0.370 e. The quantitative estimate of drug-likeness (QED) is 0.923. The van der Waals surface area contributed by atoms with Crippen LogP contribution in [0, 0.1) is 0 Å². The molecule has 4 rings (SSSR count). The zero-order valence-electron chi connectivity index (χ0n) is 13.1. The van der Waals surface area contributed by atoms with Crippen LogP contribution in [0.1, 0.15) is 19.3 Å². The number of nitrogens with zero attached hydrogens (tertiary/aromatic N) is 3. The fourth-order valence-electron chi connectivity index (χ4n) is 3.72. The zero-order valence-corrected chi connectivity index (χ0v) is 13.1. The summed E-state index contributed by atoms with van der Waals surface area (Å²) < 4.78 is 0. The van der Waals surface area contributed by atoms with Gasteiger partial charge in [0.25, 0.3) is 0 Å². The molecule has 2 aromatic rings. The topological polar surface area (TPSA) is 31.4 Å². The van der Waals surface area contributed by atoms with E-state index in [9.17, 15) is 0 Å². The van der Waals surface area contributed by atoms with Crippen molar-refractivity contribution in [3.63, 3.8) is 0 Å². The normalized spacial score (nSPS) is 19.6. The summed E-state index contributed by atoms with van der Waals surface area (Å²) in [7, 11) is 0. The number of benzene rings is 1. The first-order valence-electron chi connectivity index (χ1n) is 8.52. The highest BCUT2D eigenvalue weighted by Gasteiger charge is 2.18. The average Bonchev–Trinajstić information content (AvgIpc) is 2.96. The smallest absolute Gasteiger partial charge is 0.136 e. The van der Waals surface area contributed by atoms with Gasteiger partial charge in [0.1, 0.15) is 5.82 Å². The Kier molecular flexibility index (Phi) is 3.85. The van der Waals surface area contributed by atoms with Gasteiger partial charge in [-0.25, -0.2) is 4.98 Å². The standard InChI is InChI=1S/C18H24N4/c1-2-12-22(11-1)18-16-5-3-6-17(15(16)7-9-20-18)21-13-4-8-19-10-14-21/h3,5-7,9,19H,1-2,4,8,10-14H2. The van der Waals surface area contributed by atoms with Crippen molar-refractivity contribution >= 4 is 22.3 Å². The molecule has 0 atom stereocenters. The number of nitrogens with one attached hydrogen (secondary N) is 1. The molecule has 4 nitrogen and oxygen atoms in total. The second-order valence-electron chi connectivity index (χ2n) is 6.29. The van der Waals surface area contributed by atoms with E-state index in [1.165, 1.54) is 41.5 Å². The summed E-state index contributed by atoms with van der Waals surface area (Å²) in [6.45, 7) is 6.70. The van der Waals surface area contributed by atoms with Crippen LogP contribution in [0.15, 0.2) is 30.5 Å². The summed E-state index contributed by atoms with van der Waals surface area (Å²) in [6.07, 6.45) is 5.76. The minimum atomic E-state index is 1.07. The van der Waals surface area contributed by atoms with Gasteiger partial charge >= 0.3 is 0 Å². The van der Waals surface area contributed by atoms with Gasteiger partial charge in [-0.15, -0.1) is 0 Å². The third-order valence-electron chi connectivity index (χ3n) is 4.85. The van der Waals surface area contributed by atoms with Crippen molar-refractivity contribution in [1.82, 2.24) is 10.3 Å². The number of hydrogen-bond acceptors (Lipinski definition) is 4. The maximum absolute atomic E-state index is 4.69. The van der Waals surface area contributed by atoms with Gasteiger partial charge in [0.15, 0.2) is 0 Å². The first-order valence-corrected chi connectivity index (χ1v) is 8.52. The van der Waals surface area contributed by atoms with Crippen molar-refractivity contribution in [3.05, 3.63) is 30.5 Å². The lowest BCUT2D eigenvalue weighted by molar-refractivity contribution is 0.724. The second-order valence-corrected chi connectivity index (χ2v) is 6.29. The highest BCUT2D eigenvalue weighted by molar-refractivity contribution is 6.00. The van der Waals surface area contributed by atoms with Crippen LogP contribution in [-0.2, 0) is 0 Å². The fraction of sp³-hybridized carbons (Fsp3) is 0.500. The molecule has 0 saturated carbocycles. The fourth-order valence-corrected chi connectivity index (χ4v) is 3.72. The van der Waals surface area contributed by atoms with Gasteiger partial charge in [0.2, 0.25) is 0 Å². The first kappa shape index (κ1) is 13.8. The molecule has 1 aromatic carbocycles. The Morgan fingerprint density at radius 1 is 0.818 bits per heavy atom. The van der Waals surface area contributed by atoms with Crippen LogP contribution in [0.2, 0.25) is 0 Å². The van der Waals surface area contributed by atoms with Crippen LogP contribution in [0.5, 0.6) is 0 Å². The van der Waals surface area contributed by atoms with E-state index in [1.807, 2.05) is 6.20 Å². The van der Waals surface area contributed by atoms with E-state index in [4.69, 9.17) is 0 Å². The lowest BCUT2D eigenvalue weighted by Crippen LogP contribution is -2.28. The van der Waals surface area contributed by atoms with Crippen molar-refractivity contribution in [1.29, 1.82) is 0 Å². The number of fused-ring (bicyclic) bond motifs is 1. The third-order valence-corrected chi connectivity index (χ3v) is 4.85. The molecule has 0 unspecified atom stereocenters. The Morgan fingerprint density at radius 3 is 2.59 bits per heavy atom. The average molecular weight is 296 g/mol. The molecule has 0 spiro atoms. The number of anilines is 2. The van der Waals surface area contributed by atoms with Gasteiger partial charge in [0, 0.05) is 55.4 Å². The summed E-state index contributed by atoms with van der Waals surface area (Å²) in [5, 5.41) is 6.14. The summed E-state index contributed by atoms with van der Waals surface area (Å²) >= 11 is 0. The molecule has 4 heteroatoms. The number of hydrogen-bond donors (Lipinski definition) is 1. The second kappa shape index (κ2) is 6.13. The van der Waals surface area contributed by atoms with Gasteiger partial charge in [-0.1, -0.05) is 12.1 Å². The van der Waals surface area contributed by atoms with Crippen LogP contribution < -0.4 is 15.1 Å². The van der Waals surface area contributed by atoms with E-state index < -0.39 is 0 Å². The molecule has 3 heterocycles. The van der Waals surface area contributed by atoms with Crippen molar-refractivity contribution in [2.75, 3.05) is 49.1 Å². The maximum Gasteiger partial charge on any atom is 0.136 e. The lowest BCUT2D eigenvalue weighted by Gasteiger charge is -2.25. The van der Waals surface area contributed by atoms with E-state index in [0.717, 1.165) is 39.3 Å². The van der Waals surface area contributed by atoms with Crippen molar-refractivity contribution in [2.45, 2.75) is 19.3 Å². The number of pyridine rings is 1. The molecule has 0 bridgehead atoms.